The molecule has 0 bridgehead atoms. The van der Waals surface area contributed by atoms with E-state index in [-0.39, 0.29) is 18.2 Å². The fourth-order valence-electron chi connectivity index (χ4n) is 6.84. The van der Waals surface area contributed by atoms with Crippen LogP contribution in [0.3, 0.4) is 0 Å². The van der Waals surface area contributed by atoms with Gasteiger partial charge in [-0.25, -0.2) is 0 Å². The molecule has 4 aliphatic rings. The summed E-state index contributed by atoms with van der Waals surface area (Å²) in [6.07, 6.45) is 8.89. The number of aliphatic imine (C=N–C) groups is 1. The third-order valence-electron chi connectivity index (χ3n) is 9.51. The van der Waals surface area contributed by atoms with E-state index in [1.165, 1.54) is 43.6 Å². The maximum Gasteiger partial charge on any atom is 0.251 e. The summed E-state index contributed by atoms with van der Waals surface area (Å²) in [6, 6.07) is 14.8. The SMILES string of the molecule is C[C@H]1CC[C@H](NC(=O)c2ccc(N3CCC(CN4CCN(c5ccc6c(c5)C=NCC6=O)CC4)CC3)cc2)CC1. The Morgan fingerprint density at radius 1 is 0.850 bits per heavy atom. The van der Waals surface area contributed by atoms with Crippen molar-refractivity contribution in [3.63, 3.8) is 0 Å². The number of piperazine rings is 1. The van der Waals surface area contributed by atoms with Crippen LogP contribution in [0.25, 0.3) is 0 Å². The molecule has 0 radical (unpaired) electrons. The maximum atomic E-state index is 12.7. The number of amides is 1. The molecule has 1 aliphatic carbocycles. The first-order chi connectivity index (χ1) is 19.5. The van der Waals surface area contributed by atoms with Crippen molar-refractivity contribution in [2.24, 2.45) is 16.8 Å². The summed E-state index contributed by atoms with van der Waals surface area (Å²) in [7, 11) is 0. The molecule has 2 saturated heterocycles. The van der Waals surface area contributed by atoms with E-state index in [1.54, 1.807) is 0 Å². The van der Waals surface area contributed by atoms with Crippen molar-refractivity contribution < 1.29 is 9.59 Å². The zero-order valence-electron chi connectivity index (χ0n) is 23.9. The molecular formula is C33H43N5O2. The summed E-state index contributed by atoms with van der Waals surface area (Å²) in [4.78, 5) is 36.5. The van der Waals surface area contributed by atoms with Crippen LogP contribution in [0.5, 0.6) is 0 Å². The van der Waals surface area contributed by atoms with Gasteiger partial charge in [0.25, 0.3) is 5.91 Å². The number of nitrogens with one attached hydrogen (secondary N) is 1. The summed E-state index contributed by atoms with van der Waals surface area (Å²) in [5.41, 5.74) is 4.95. The number of rotatable bonds is 6. The Balaban J connectivity index is 0.936. The highest BCUT2D eigenvalue weighted by Crippen LogP contribution is 2.27. The van der Waals surface area contributed by atoms with Crippen LogP contribution < -0.4 is 15.1 Å². The lowest BCUT2D eigenvalue weighted by atomic mass is 9.87. The van der Waals surface area contributed by atoms with Crippen molar-refractivity contribution in [1.29, 1.82) is 0 Å². The Hall–Kier alpha value is -3.19. The topological polar surface area (TPSA) is 68.2 Å². The Morgan fingerprint density at radius 3 is 2.25 bits per heavy atom. The lowest BCUT2D eigenvalue weighted by Gasteiger charge is -2.40. The number of carbonyl (C=O) groups excluding carboxylic acids is 2. The molecule has 7 nitrogen and oxygen atoms in total. The molecule has 0 unspecified atom stereocenters. The lowest BCUT2D eigenvalue weighted by molar-refractivity contribution is 0.0922. The molecule has 3 aliphatic heterocycles. The third kappa shape index (κ3) is 6.25. The molecule has 3 heterocycles. The van der Waals surface area contributed by atoms with Gasteiger partial charge in [0.15, 0.2) is 5.78 Å². The number of piperidine rings is 1. The van der Waals surface area contributed by atoms with Crippen molar-refractivity contribution >= 4 is 29.3 Å². The molecule has 0 spiro atoms. The third-order valence-corrected chi connectivity index (χ3v) is 9.51. The molecule has 3 fully saturated rings. The van der Waals surface area contributed by atoms with E-state index in [4.69, 9.17) is 0 Å². The molecular weight excluding hydrogens is 498 g/mol. The van der Waals surface area contributed by atoms with Crippen LogP contribution in [-0.4, -0.2) is 81.2 Å². The largest absolute Gasteiger partial charge is 0.372 e. The van der Waals surface area contributed by atoms with E-state index in [0.29, 0.717) is 6.04 Å². The number of benzene rings is 2. The van der Waals surface area contributed by atoms with Gasteiger partial charge in [-0.2, -0.15) is 0 Å². The maximum absolute atomic E-state index is 12.7. The summed E-state index contributed by atoms with van der Waals surface area (Å²) in [5, 5.41) is 3.25. The Labute approximate surface area is 238 Å². The fourth-order valence-corrected chi connectivity index (χ4v) is 6.84. The number of anilines is 2. The minimum absolute atomic E-state index is 0.0699. The van der Waals surface area contributed by atoms with Crippen LogP contribution >= 0.6 is 0 Å². The lowest BCUT2D eigenvalue weighted by Crippen LogP contribution is -2.49. The van der Waals surface area contributed by atoms with Gasteiger partial charge >= 0.3 is 0 Å². The smallest absolute Gasteiger partial charge is 0.251 e. The van der Waals surface area contributed by atoms with Gasteiger partial charge in [-0.05, 0) is 92.8 Å². The van der Waals surface area contributed by atoms with Crippen molar-refractivity contribution in [2.45, 2.75) is 51.5 Å². The molecule has 6 rings (SSSR count). The summed E-state index contributed by atoms with van der Waals surface area (Å²) >= 11 is 0. The quantitative estimate of drug-likeness (QED) is 0.577. The molecule has 1 amide bonds. The molecule has 40 heavy (non-hydrogen) atoms. The molecule has 2 aromatic carbocycles. The highest BCUT2D eigenvalue weighted by atomic mass is 16.1. The number of nitrogens with zero attached hydrogens (tertiary/aromatic N) is 4. The second-order valence-electron chi connectivity index (χ2n) is 12.4. The van der Waals surface area contributed by atoms with Gasteiger partial charge in [0.1, 0.15) is 6.54 Å². The summed E-state index contributed by atoms with van der Waals surface area (Å²) < 4.78 is 0. The first-order valence-corrected chi connectivity index (χ1v) is 15.3. The number of Topliss-reactive ketones (excluding diaryl/α,β-unsaturated/α-hetero) is 1. The van der Waals surface area contributed by atoms with Gasteiger partial charge in [-0.3, -0.25) is 19.5 Å². The van der Waals surface area contributed by atoms with Crippen LogP contribution in [0, 0.1) is 11.8 Å². The minimum Gasteiger partial charge on any atom is -0.372 e. The molecule has 1 N–H and O–H groups in total. The van der Waals surface area contributed by atoms with E-state index in [1.807, 2.05) is 24.4 Å². The van der Waals surface area contributed by atoms with Gasteiger partial charge in [0.2, 0.25) is 0 Å². The van der Waals surface area contributed by atoms with Crippen LogP contribution in [0.2, 0.25) is 0 Å². The highest BCUT2D eigenvalue weighted by Gasteiger charge is 2.25. The molecule has 2 aromatic rings. The Bertz CT molecular complexity index is 1220. The van der Waals surface area contributed by atoms with Crippen LogP contribution in [-0.2, 0) is 0 Å². The second-order valence-corrected chi connectivity index (χ2v) is 12.4. The highest BCUT2D eigenvalue weighted by molar-refractivity contribution is 6.08. The number of hydrogen-bond acceptors (Lipinski definition) is 6. The first kappa shape index (κ1) is 27.0. The number of carbonyl (C=O) groups is 2. The van der Waals surface area contributed by atoms with Gasteiger partial charge in [-0.15, -0.1) is 0 Å². The molecule has 0 atom stereocenters. The van der Waals surface area contributed by atoms with Crippen molar-refractivity contribution in [3.8, 4) is 0 Å². The zero-order valence-corrected chi connectivity index (χ0v) is 23.9. The van der Waals surface area contributed by atoms with Crippen LogP contribution in [0.15, 0.2) is 47.5 Å². The number of fused-ring (bicyclic) bond motifs is 1. The van der Waals surface area contributed by atoms with Gasteiger partial charge in [0.05, 0.1) is 0 Å². The van der Waals surface area contributed by atoms with Crippen LogP contribution in [0.1, 0.15) is 71.7 Å². The van der Waals surface area contributed by atoms with E-state index >= 15 is 0 Å². The molecule has 1 saturated carbocycles. The Kier molecular flexibility index (Phi) is 8.19. The average Bonchev–Trinajstić information content (AvgIpc) is 2.99. The predicted octanol–water partition coefficient (Wildman–Crippen LogP) is 4.65. The monoisotopic (exact) mass is 541 g/mol. The van der Waals surface area contributed by atoms with E-state index in [2.05, 4.69) is 56.2 Å². The zero-order chi connectivity index (χ0) is 27.5. The normalized spacial score (nSPS) is 24.2. The van der Waals surface area contributed by atoms with Gasteiger partial charge in [-0.1, -0.05) is 6.92 Å². The average molecular weight is 542 g/mol. The summed E-state index contributed by atoms with van der Waals surface area (Å²) in [5.74, 6) is 1.71. The molecule has 7 heteroatoms. The number of ketones is 1. The van der Waals surface area contributed by atoms with Gasteiger partial charge < -0.3 is 15.1 Å². The fraction of sp³-hybridized carbons (Fsp3) is 0.545. The molecule has 212 valence electrons. The second kappa shape index (κ2) is 12.1. The molecule has 0 aromatic heterocycles. The predicted molar refractivity (Wildman–Crippen MR) is 162 cm³/mol. The number of hydrogen-bond donors (Lipinski definition) is 1. The minimum atomic E-state index is 0.0699. The van der Waals surface area contributed by atoms with E-state index in [9.17, 15) is 9.59 Å². The first-order valence-electron chi connectivity index (χ1n) is 15.3. The Morgan fingerprint density at radius 2 is 1.52 bits per heavy atom. The van der Waals surface area contributed by atoms with Crippen LogP contribution in [0.4, 0.5) is 11.4 Å². The van der Waals surface area contributed by atoms with E-state index in [0.717, 1.165) is 80.6 Å². The van der Waals surface area contributed by atoms with Crippen molar-refractivity contribution in [1.82, 2.24) is 10.2 Å². The standard InChI is InChI=1S/C33H43N5O2/c1-24-2-6-28(7-3-24)35-33(40)26-4-8-29(9-5-26)37-14-12-25(13-15-37)23-36-16-18-38(19-17-36)30-10-11-31-27(20-30)21-34-22-32(31)39/h4-5,8-11,20-21,24-25,28H,2-3,6-7,12-19,22-23H2,1H3,(H,35,40)/t24-,28-. The van der Waals surface area contributed by atoms with Gasteiger partial charge in [0, 0.05) is 86.1 Å². The van der Waals surface area contributed by atoms with Crippen molar-refractivity contribution in [3.05, 3.63) is 59.2 Å². The van der Waals surface area contributed by atoms with Crippen molar-refractivity contribution in [2.75, 3.05) is 62.2 Å². The van der Waals surface area contributed by atoms with E-state index < -0.39 is 0 Å². The summed E-state index contributed by atoms with van der Waals surface area (Å²) in [6.45, 7) is 10.1.